The number of rotatable bonds is 3. The zero-order valence-electron chi connectivity index (χ0n) is 45.2. The van der Waals surface area contributed by atoms with Crippen molar-refractivity contribution in [3.63, 3.8) is 0 Å². The number of furan rings is 1. The maximum absolute atomic E-state index is 7.22. The van der Waals surface area contributed by atoms with Gasteiger partial charge < -0.3 is 14.1 Å². The molecule has 14 rings (SSSR count). The molecule has 3 heterocycles. The number of benzene rings is 9. The van der Waals surface area contributed by atoms with Gasteiger partial charge in [-0.25, -0.2) is 0 Å². The summed E-state index contributed by atoms with van der Waals surface area (Å²) in [6.07, 6.45) is 2.31. The molecular formula is C70H65BN2O. The minimum atomic E-state index is -0.187. The van der Waals surface area contributed by atoms with Gasteiger partial charge in [0.15, 0.2) is 0 Å². The second-order valence-electron chi connectivity index (χ2n) is 25.4. The van der Waals surface area contributed by atoms with Gasteiger partial charge in [0.2, 0.25) is 0 Å². The van der Waals surface area contributed by atoms with E-state index in [0.717, 1.165) is 29.7 Å². The smallest absolute Gasteiger partial charge is 0.333 e. The molecule has 0 unspecified atom stereocenters. The monoisotopic (exact) mass is 961 g/mol. The number of hydrogen-bond donors (Lipinski definition) is 0. The van der Waals surface area contributed by atoms with Crippen LogP contribution in [0.5, 0.6) is 0 Å². The van der Waals surface area contributed by atoms with Crippen LogP contribution in [-0.4, -0.2) is 6.85 Å². The first-order valence-electron chi connectivity index (χ1n) is 27.1. The van der Waals surface area contributed by atoms with E-state index in [1.807, 2.05) is 0 Å². The van der Waals surface area contributed by atoms with Crippen LogP contribution in [0.1, 0.15) is 120 Å². The van der Waals surface area contributed by atoms with Gasteiger partial charge >= 0.3 is 6.85 Å². The van der Waals surface area contributed by atoms with E-state index in [1.165, 1.54) is 133 Å². The van der Waals surface area contributed by atoms with Crippen molar-refractivity contribution in [2.75, 3.05) is 9.71 Å². The van der Waals surface area contributed by atoms with Gasteiger partial charge in [-0.05, 0) is 198 Å². The van der Waals surface area contributed by atoms with Crippen LogP contribution in [0.25, 0.3) is 66.1 Å². The molecule has 2 aliphatic carbocycles. The first-order chi connectivity index (χ1) is 35.3. The molecule has 0 atom stereocenters. The number of nitrogens with zero attached hydrogens (tertiary/aromatic N) is 2. The molecule has 74 heavy (non-hydrogen) atoms. The molecule has 2 aliphatic heterocycles. The lowest BCUT2D eigenvalue weighted by atomic mass is 9.43. The molecule has 4 aliphatic rings. The van der Waals surface area contributed by atoms with Gasteiger partial charge in [0, 0.05) is 56.3 Å². The summed E-state index contributed by atoms with van der Waals surface area (Å²) in [5.41, 5.74) is 28.9. The van der Waals surface area contributed by atoms with E-state index in [9.17, 15) is 0 Å². The van der Waals surface area contributed by atoms with Crippen LogP contribution in [0.15, 0.2) is 156 Å². The van der Waals surface area contributed by atoms with Crippen molar-refractivity contribution in [3.05, 3.63) is 196 Å². The molecule has 0 bridgehead atoms. The van der Waals surface area contributed by atoms with Crippen LogP contribution in [-0.2, 0) is 21.7 Å². The van der Waals surface area contributed by atoms with E-state index in [4.69, 9.17) is 4.42 Å². The number of aryl methyl sites for hydroxylation is 3. The Hall–Kier alpha value is -7.30. The van der Waals surface area contributed by atoms with Crippen LogP contribution < -0.4 is 20.6 Å². The molecule has 9 aromatic carbocycles. The Morgan fingerprint density at radius 2 is 1.15 bits per heavy atom. The molecule has 0 N–H and O–H groups in total. The summed E-state index contributed by atoms with van der Waals surface area (Å²) in [7, 11) is 0. The predicted octanol–water partition coefficient (Wildman–Crippen LogP) is 18.0. The lowest BCUT2D eigenvalue weighted by molar-refractivity contribution is 0.332. The molecule has 364 valence electrons. The Bertz CT molecular complexity index is 4080. The third-order valence-electron chi connectivity index (χ3n) is 18.4. The summed E-state index contributed by atoms with van der Waals surface area (Å²) in [5, 5.41) is 4.85. The highest BCUT2D eigenvalue weighted by Gasteiger charge is 2.47. The first kappa shape index (κ1) is 45.3. The Kier molecular flexibility index (Phi) is 9.29. The average Bonchev–Trinajstić information content (AvgIpc) is 3.86. The van der Waals surface area contributed by atoms with Crippen molar-refractivity contribution < 1.29 is 4.42 Å². The Balaban J connectivity index is 1.14. The van der Waals surface area contributed by atoms with Crippen LogP contribution >= 0.6 is 0 Å². The van der Waals surface area contributed by atoms with E-state index in [2.05, 4.69) is 244 Å². The lowest BCUT2D eigenvalue weighted by Gasteiger charge is -2.46. The molecule has 1 aromatic heterocycles. The Morgan fingerprint density at radius 3 is 1.88 bits per heavy atom. The van der Waals surface area contributed by atoms with Gasteiger partial charge in [0.1, 0.15) is 11.2 Å². The molecule has 0 amide bonds. The largest absolute Gasteiger partial charge is 0.456 e. The van der Waals surface area contributed by atoms with Gasteiger partial charge in [-0.3, -0.25) is 0 Å². The zero-order valence-corrected chi connectivity index (χ0v) is 45.2. The Morgan fingerprint density at radius 1 is 0.486 bits per heavy atom. The molecule has 0 saturated carbocycles. The summed E-state index contributed by atoms with van der Waals surface area (Å²) < 4.78 is 7.22. The van der Waals surface area contributed by atoms with Gasteiger partial charge in [-0.2, -0.15) is 0 Å². The molecule has 4 heteroatoms. The predicted molar refractivity (Wildman–Crippen MR) is 316 cm³/mol. The van der Waals surface area contributed by atoms with E-state index in [-0.39, 0.29) is 28.5 Å². The standard InChI is InChI=1S/C70H65BN2O/c1-40-18-17-19-41(2)65(40)45-32-53-50-31-43-20-13-14-21-44(43)33-60(50)73(47-25-26-49-48-22-15-16-23-54(48)70(11,12)55(49)35-47)71-58-37-52-51-36-56-57(69(9,10)29-28-68(56,7)8)38-63(51)74-64(52)39-61(58)72(62(34-45)66(53)71)59-27-24-46(30-42(59)3)67(4,5)6/h13-27,30-39H,28-29H2,1-12H3. The highest BCUT2D eigenvalue weighted by Crippen LogP contribution is 2.55. The summed E-state index contributed by atoms with van der Waals surface area (Å²) in [6, 6.07) is 59.1. The summed E-state index contributed by atoms with van der Waals surface area (Å²) in [4.78, 5) is 5.33. The van der Waals surface area contributed by atoms with Crippen molar-refractivity contribution in [3.8, 4) is 33.4 Å². The van der Waals surface area contributed by atoms with Gasteiger partial charge in [-0.1, -0.05) is 153 Å². The van der Waals surface area contributed by atoms with Gasteiger partial charge in [0.25, 0.3) is 0 Å². The average molecular weight is 961 g/mol. The van der Waals surface area contributed by atoms with Crippen LogP contribution in [0.3, 0.4) is 0 Å². The lowest BCUT2D eigenvalue weighted by Crippen LogP contribution is -2.61. The third kappa shape index (κ3) is 6.33. The van der Waals surface area contributed by atoms with Crippen LogP contribution in [0.4, 0.5) is 28.4 Å². The SMILES string of the molecule is Cc1cc(C(C)(C)C)ccc1N1c2cc3oc4cc5c(cc4c3cc2B2c3c(cc(-c4c(C)cccc4C)cc31)-c1cc3ccccc3cc1N2c1ccc2c(c1)C(C)(C)c1ccccc1-2)C(C)(C)CCC5(C)C. The minimum absolute atomic E-state index is 0.00283. The van der Waals surface area contributed by atoms with Gasteiger partial charge in [-0.15, -0.1) is 0 Å². The first-order valence-corrected chi connectivity index (χ1v) is 27.1. The summed E-state index contributed by atoms with van der Waals surface area (Å²) >= 11 is 0. The summed E-state index contributed by atoms with van der Waals surface area (Å²) in [5.74, 6) is 0. The van der Waals surface area contributed by atoms with Gasteiger partial charge in [0.05, 0.1) is 0 Å². The normalized spacial score (nSPS) is 16.5. The van der Waals surface area contributed by atoms with E-state index in [1.54, 1.807) is 0 Å². The highest BCUT2D eigenvalue weighted by molar-refractivity contribution is 6.94. The maximum atomic E-state index is 7.22. The van der Waals surface area contributed by atoms with Crippen molar-refractivity contribution in [2.24, 2.45) is 0 Å². The minimum Gasteiger partial charge on any atom is -0.456 e. The van der Waals surface area contributed by atoms with E-state index < -0.39 is 0 Å². The molecule has 10 aromatic rings. The Labute approximate surface area is 438 Å². The van der Waals surface area contributed by atoms with Crippen molar-refractivity contribution in [1.82, 2.24) is 0 Å². The topological polar surface area (TPSA) is 19.6 Å². The summed E-state index contributed by atoms with van der Waals surface area (Å²) in [6.45, 7) is 28.1. The fraction of sp³-hybridized carbons (Fsp3) is 0.257. The second-order valence-corrected chi connectivity index (χ2v) is 25.4. The molecule has 0 fully saturated rings. The van der Waals surface area contributed by atoms with Crippen molar-refractivity contribution in [2.45, 2.75) is 118 Å². The third-order valence-corrected chi connectivity index (χ3v) is 18.4. The zero-order chi connectivity index (χ0) is 51.1. The van der Waals surface area contributed by atoms with E-state index in [0.29, 0.717) is 0 Å². The van der Waals surface area contributed by atoms with Crippen LogP contribution in [0, 0.1) is 20.8 Å². The molecule has 3 nitrogen and oxygen atoms in total. The number of anilines is 5. The van der Waals surface area contributed by atoms with Crippen LogP contribution in [0.2, 0.25) is 0 Å². The van der Waals surface area contributed by atoms with E-state index >= 15 is 0 Å². The van der Waals surface area contributed by atoms with Crippen molar-refractivity contribution >= 4 is 78.9 Å². The quantitative estimate of drug-likeness (QED) is 0.165. The maximum Gasteiger partial charge on any atom is 0.333 e. The number of fused-ring (bicyclic) bond motifs is 12. The molecule has 0 saturated heterocycles. The second kappa shape index (κ2) is 15.2. The molecule has 0 spiro atoms. The fourth-order valence-corrected chi connectivity index (χ4v) is 14.1. The molecule has 0 radical (unpaired) electrons. The van der Waals surface area contributed by atoms with Crippen molar-refractivity contribution in [1.29, 1.82) is 0 Å². The highest BCUT2D eigenvalue weighted by atomic mass is 16.3. The number of hydrogen-bond acceptors (Lipinski definition) is 3. The molecular weight excluding hydrogens is 896 g/mol. The fourth-order valence-electron chi connectivity index (χ4n) is 14.1.